The first kappa shape index (κ1) is 14.6. The third-order valence-electron chi connectivity index (χ3n) is 3.06. The van der Waals surface area contributed by atoms with E-state index in [9.17, 15) is 0 Å². The fourth-order valence-corrected chi connectivity index (χ4v) is 5.30. The van der Waals surface area contributed by atoms with Crippen molar-refractivity contribution in [3.8, 4) is 0 Å². The van der Waals surface area contributed by atoms with Crippen molar-refractivity contribution in [2.75, 3.05) is 0 Å². The Morgan fingerprint density at radius 1 is 0.857 bits per heavy atom. The van der Waals surface area contributed by atoms with Gasteiger partial charge in [0, 0.05) is 56.3 Å². The Morgan fingerprint density at radius 2 is 1.38 bits per heavy atom. The van der Waals surface area contributed by atoms with Crippen molar-refractivity contribution in [3.05, 3.63) is 54.9 Å². The van der Waals surface area contributed by atoms with Gasteiger partial charge in [-0.2, -0.15) is 0 Å². The number of aliphatic imine (C=N–C) groups is 2. The fraction of sp³-hybridized carbons (Fsp3) is 0.143. The van der Waals surface area contributed by atoms with Crippen LogP contribution in [0.2, 0.25) is 0 Å². The monoisotopic (exact) mass is 338 g/mol. The van der Waals surface area contributed by atoms with Crippen molar-refractivity contribution in [1.82, 2.24) is 8.84 Å². The summed E-state index contributed by atoms with van der Waals surface area (Å²) >= 11 is 12.6. The van der Waals surface area contributed by atoms with Crippen LogP contribution in [0.25, 0.3) is 0 Å². The molecule has 0 saturated heterocycles. The Hall–Kier alpha value is -1.35. The summed E-state index contributed by atoms with van der Waals surface area (Å²) < 4.78 is 3.19. The van der Waals surface area contributed by atoms with E-state index < -0.39 is 7.92 Å². The summed E-state index contributed by atoms with van der Waals surface area (Å²) in [6.07, 6.45) is 10.8. The smallest absolute Gasteiger partial charge is 0.162 e. The van der Waals surface area contributed by atoms with Crippen LogP contribution in [0.5, 0.6) is 0 Å². The zero-order valence-corrected chi connectivity index (χ0v) is 13.4. The molecule has 2 heterocycles. The molecule has 2 aliphatic rings. The molecule has 1 aromatic rings. The van der Waals surface area contributed by atoms with E-state index in [2.05, 4.69) is 22.1 Å². The lowest BCUT2D eigenvalue weighted by molar-refractivity contribution is 0.525. The number of benzene rings is 1. The maximum Gasteiger partial charge on any atom is 0.162 e. The quantitative estimate of drug-likeness (QED) is 0.624. The minimum absolute atomic E-state index is 0.205. The molecule has 0 radical (unpaired) electrons. The molecule has 0 aliphatic carbocycles. The summed E-state index contributed by atoms with van der Waals surface area (Å²) in [5.41, 5.74) is 0. The van der Waals surface area contributed by atoms with Crippen LogP contribution in [0, 0.1) is 0 Å². The summed E-state index contributed by atoms with van der Waals surface area (Å²) in [4.78, 5) is 9.05. The van der Waals surface area contributed by atoms with E-state index >= 15 is 0 Å². The van der Waals surface area contributed by atoms with Crippen LogP contribution < -0.4 is 5.30 Å². The Balaban J connectivity index is 1.99. The van der Waals surface area contributed by atoms with Crippen LogP contribution in [-0.4, -0.2) is 33.1 Å². The van der Waals surface area contributed by atoms with Crippen LogP contribution in [0.3, 0.4) is 0 Å². The number of hydrogen-bond acceptors (Lipinski definition) is 4. The van der Waals surface area contributed by atoms with E-state index in [1.165, 1.54) is 0 Å². The minimum Gasteiger partial charge on any atom is -0.264 e. The lowest BCUT2D eigenvalue weighted by Gasteiger charge is -2.37. The van der Waals surface area contributed by atoms with Crippen LogP contribution in [0.4, 0.5) is 0 Å². The van der Waals surface area contributed by atoms with Crippen LogP contribution in [-0.2, 0) is 0 Å². The predicted molar refractivity (Wildman–Crippen MR) is 91.2 cm³/mol. The molecule has 0 bridgehead atoms. The third-order valence-corrected chi connectivity index (χ3v) is 6.58. The fourth-order valence-electron chi connectivity index (χ4n) is 2.14. The van der Waals surface area contributed by atoms with Crippen LogP contribution in [0.15, 0.2) is 64.9 Å². The SMILES string of the molecule is ClN1C=CC=NC1P(c1ccccc1)C1N=CC=CN1Cl. The van der Waals surface area contributed by atoms with E-state index in [0.29, 0.717) is 0 Å². The molecule has 0 amide bonds. The molecular formula is C14H13Cl2N4P. The second kappa shape index (κ2) is 6.61. The molecule has 3 rings (SSSR count). The molecule has 108 valence electrons. The van der Waals surface area contributed by atoms with Gasteiger partial charge in [0.15, 0.2) is 11.8 Å². The highest BCUT2D eigenvalue weighted by Gasteiger charge is 2.36. The molecule has 0 N–H and O–H groups in total. The lowest BCUT2D eigenvalue weighted by atomic mass is 10.4. The van der Waals surface area contributed by atoms with Gasteiger partial charge < -0.3 is 0 Å². The van der Waals surface area contributed by atoms with Gasteiger partial charge in [0.05, 0.1) is 0 Å². The van der Waals surface area contributed by atoms with Crippen molar-refractivity contribution < 1.29 is 0 Å². The molecule has 21 heavy (non-hydrogen) atoms. The molecule has 4 nitrogen and oxygen atoms in total. The third kappa shape index (κ3) is 3.13. The highest BCUT2D eigenvalue weighted by atomic mass is 35.5. The van der Waals surface area contributed by atoms with E-state index in [1.807, 2.05) is 30.4 Å². The Labute approximate surface area is 135 Å². The van der Waals surface area contributed by atoms with Gasteiger partial charge in [-0.3, -0.25) is 18.8 Å². The van der Waals surface area contributed by atoms with Crippen molar-refractivity contribution >= 4 is 49.2 Å². The van der Waals surface area contributed by atoms with E-state index in [1.54, 1.807) is 33.7 Å². The molecule has 2 unspecified atom stereocenters. The van der Waals surface area contributed by atoms with E-state index in [4.69, 9.17) is 23.6 Å². The standard InChI is InChI=1S/C14H13Cl2N4P/c15-19-10-4-8-17-13(19)21(12-6-2-1-3-7-12)14-18-9-5-11-20(14)16/h1-11,13-14H. The first-order valence-electron chi connectivity index (χ1n) is 6.39. The molecule has 2 atom stereocenters. The van der Waals surface area contributed by atoms with Crippen molar-refractivity contribution in [2.24, 2.45) is 9.98 Å². The average molecular weight is 339 g/mol. The topological polar surface area (TPSA) is 31.2 Å². The van der Waals surface area contributed by atoms with Gasteiger partial charge in [0.1, 0.15) is 0 Å². The zero-order chi connectivity index (χ0) is 14.7. The molecule has 7 heteroatoms. The first-order valence-corrected chi connectivity index (χ1v) is 8.54. The van der Waals surface area contributed by atoms with Crippen LogP contribution in [0.1, 0.15) is 0 Å². The number of nitrogens with zero attached hydrogens (tertiary/aromatic N) is 4. The van der Waals surface area contributed by atoms with Crippen molar-refractivity contribution in [1.29, 1.82) is 0 Å². The number of halogens is 2. The summed E-state index contributed by atoms with van der Waals surface area (Å²) in [6.45, 7) is 0. The van der Waals surface area contributed by atoms with Gasteiger partial charge >= 0.3 is 0 Å². The largest absolute Gasteiger partial charge is 0.264 e. The van der Waals surface area contributed by atoms with Gasteiger partial charge in [-0.1, -0.05) is 30.3 Å². The molecule has 0 spiro atoms. The van der Waals surface area contributed by atoms with E-state index in [0.717, 1.165) is 5.30 Å². The Morgan fingerprint density at radius 3 is 1.86 bits per heavy atom. The van der Waals surface area contributed by atoms with Crippen molar-refractivity contribution in [3.63, 3.8) is 0 Å². The molecule has 1 aromatic carbocycles. The summed E-state index contributed by atoms with van der Waals surface area (Å²) in [7, 11) is -0.881. The first-order chi connectivity index (χ1) is 10.3. The van der Waals surface area contributed by atoms with E-state index in [-0.39, 0.29) is 11.8 Å². The Bertz CT molecular complexity index is 568. The highest BCUT2D eigenvalue weighted by molar-refractivity contribution is 7.67. The van der Waals surface area contributed by atoms with Gasteiger partial charge in [0.25, 0.3) is 0 Å². The van der Waals surface area contributed by atoms with Crippen LogP contribution >= 0.6 is 31.5 Å². The molecule has 0 saturated carbocycles. The molecular weight excluding hydrogens is 326 g/mol. The minimum atomic E-state index is -0.881. The number of allylic oxidation sites excluding steroid dienone is 2. The van der Waals surface area contributed by atoms with Gasteiger partial charge in [-0.15, -0.1) is 0 Å². The lowest BCUT2D eigenvalue weighted by Crippen LogP contribution is -2.34. The summed E-state index contributed by atoms with van der Waals surface area (Å²) in [5.74, 6) is -0.409. The van der Waals surface area contributed by atoms with Gasteiger partial charge in [0.2, 0.25) is 0 Å². The molecule has 0 fully saturated rings. The average Bonchev–Trinajstić information content (AvgIpc) is 2.52. The molecule has 2 aliphatic heterocycles. The van der Waals surface area contributed by atoms with Gasteiger partial charge in [-0.25, -0.2) is 0 Å². The maximum atomic E-state index is 6.31. The van der Waals surface area contributed by atoms with Gasteiger partial charge in [-0.05, 0) is 17.5 Å². The Kier molecular flexibility index (Phi) is 4.59. The predicted octanol–water partition coefficient (Wildman–Crippen LogP) is 3.47. The second-order valence-corrected chi connectivity index (χ2v) is 7.44. The highest BCUT2D eigenvalue weighted by Crippen LogP contribution is 2.51. The molecule has 0 aromatic heterocycles. The second-order valence-electron chi connectivity index (χ2n) is 4.40. The summed E-state index contributed by atoms with van der Waals surface area (Å²) in [5, 5.41) is 1.15. The normalized spacial score (nSPS) is 25.4. The number of hydrogen-bond donors (Lipinski definition) is 0. The summed E-state index contributed by atoms with van der Waals surface area (Å²) in [6, 6.07) is 10.1. The van der Waals surface area contributed by atoms with Crippen molar-refractivity contribution in [2.45, 2.75) is 11.8 Å². The number of rotatable bonds is 3. The maximum absolute atomic E-state index is 6.31. The zero-order valence-electron chi connectivity index (χ0n) is 11.0.